The number of nitrogens with one attached hydrogen (secondary N) is 2. The van der Waals surface area contributed by atoms with Gasteiger partial charge in [0.2, 0.25) is 5.91 Å². The fraction of sp³-hybridized carbons (Fsp3) is 0.882. The summed E-state index contributed by atoms with van der Waals surface area (Å²) in [6.07, 6.45) is 7.86. The predicted octanol–water partition coefficient (Wildman–Crippen LogP) is 2.75. The van der Waals surface area contributed by atoms with Crippen LogP contribution in [0, 0.1) is 5.92 Å². The molecule has 0 aromatic heterocycles. The Hall–Kier alpha value is -0.530. The summed E-state index contributed by atoms with van der Waals surface area (Å²) in [5, 5.41) is 6.83. The van der Waals surface area contributed by atoms with Crippen LogP contribution in [0.3, 0.4) is 0 Å². The molecule has 1 saturated carbocycles. The lowest BCUT2D eigenvalue weighted by Crippen LogP contribution is -2.44. The first-order chi connectivity index (χ1) is 10.7. The van der Waals surface area contributed by atoms with E-state index >= 15 is 0 Å². The molecule has 6 heteroatoms. The lowest BCUT2D eigenvalue weighted by Gasteiger charge is -2.28. The zero-order chi connectivity index (χ0) is 15.8. The number of carbonyl (C=O) groups excluding carboxylic acids is 1. The van der Waals surface area contributed by atoms with Gasteiger partial charge < -0.3 is 15.5 Å². The molecule has 0 aromatic carbocycles. The quantitative estimate of drug-likeness (QED) is 0.396. The average Bonchev–Trinajstić information content (AvgIpc) is 3.04. The lowest BCUT2D eigenvalue weighted by atomic mass is 9.87. The van der Waals surface area contributed by atoms with E-state index in [9.17, 15) is 4.79 Å². The van der Waals surface area contributed by atoms with E-state index in [1.807, 2.05) is 4.90 Å². The van der Waals surface area contributed by atoms with Gasteiger partial charge in [-0.25, -0.2) is 0 Å². The molecule has 23 heavy (non-hydrogen) atoms. The summed E-state index contributed by atoms with van der Waals surface area (Å²) in [5.74, 6) is 1.98. The minimum atomic E-state index is 0. The van der Waals surface area contributed by atoms with E-state index in [0.717, 1.165) is 44.4 Å². The van der Waals surface area contributed by atoms with Crippen molar-refractivity contribution in [1.82, 2.24) is 15.5 Å². The molecule has 2 rings (SSSR count). The Morgan fingerprint density at radius 1 is 1.17 bits per heavy atom. The largest absolute Gasteiger partial charge is 0.357 e. The van der Waals surface area contributed by atoms with Crippen molar-refractivity contribution in [2.75, 3.05) is 26.2 Å². The number of likely N-dealkylation sites (tertiary alicyclic amines) is 1. The molecule has 0 spiro atoms. The molecule has 0 radical (unpaired) electrons. The number of guanidine groups is 1. The molecule has 0 atom stereocenters. The number of halogens is 1. The molecule has 1 aliphatic carbocycles. The molecule has 0 unspecified atom stereocenters. The van der Waals surface area contributed by atoms with Crippen molar-refractivity contribution in [3.8, 4) is 0 Å². The highest BCUT2D eigenvalue weighted by molar-refractivity contribution is 14.0. The van der Waals surface area contributed by atoms with Crippen molar-refractivity contribution in [2.24, 2.45) is 10.9 Å². The maximum Gasteiger partial charge on any atom is 0.224 e. The van der Waals surface area contributed by atoms with Gasteiger partial charge >= 0.3 is 0 Å². The Labute approximate surface area is 158 Å². The number of hydrogen-bond acceptors (Lipinski definition) is 2. The van der Waals surface area contributed by atoms with E-state index in [2.05, 4.69) is 29.5 Å². The SMILES string of the molecule is CCNC(=NCCC(=O)N1CCCC1)NC1CCC(C)CC1.I. The molecular weight excluding hydrogens is 403 g/mol. The molecule has 1 saturated heterocycles. The highest BCUT2D eigenvalue weighted by Gasteiger charge is 2.19. The molecular formula is C17H33IN4O. The molecule has 2 fully saturated rings. The van der Waals surface area contributed by atoms with Gasteiger partial charge in [-0.2, -0.15) is 0 Å². The fourth-order valence-electron chi connectivity index (χ4n) is 3.31. The molecule has 0 aromatic rings. The second-order valence-electron chi connectivity index (χ2n) is 6.70. The summed E-state index contributed by atoms with van der Waals surface area (Å²) in [5.41, 5.74) is 0. The molecule has 134 valence electrons. The predicted molar refractivity (Wildman–Crippen MR) is 106 cm³/mol. The van der Waals surface area contributed by atoms with Crippen LogP contribution in [0.4, 0.5) is 0 Å². The van der Waals surface area contributed by atoms with Crippen LogP contribution >= 0.6 is 24.0 Å². The second-order valence-corrected chi connectivity index (χ2v) is 6.70. The summed E-state index contributed by atoms with van der Waals surface area (Å²) >= 11 is 0. The van der Waals surface area contributed by atoms with Crippen molar-refractivity contribution >= 4 is 35.8 Å². The Balaban J connectivity index is 0.00000264. The van der Waals surface area contributed by atoms with Crippen LogP contribution in [0.5, 0.6) is 0 Å². The zero-order valence-corrected chi connectivity index (χ0v) is 17.0. The smallest absolute Gasteiger partial charge is 0.224 e. The van der Waals surface area contributed by atoms with E-state index in [0.29, 0.717) is 19.0 Å². The maximum absolute atomic E-state index is 12.0. The van der Waals surface area contributed by atoms with Crippen LogP contribution < -0.4 is 10.6 Å². The van der Waals surface area contributed by atoms with Gasteiger partial charge in [0.15, 0.2) is 5.96 Å². The van der Waals surface area contributed by atoms with Crippen LogP contribution in [0.25, 0.3) is 0 Å². The number of nitrogens with zero attached hydrogens (tertiary/aromatic N) is 2. The second kappa shape index (κ2) is 11.1. The third kappa shape index (κ3) is 7.27. The van der Waals surface area contributed by atoms with Crippen LogP contribution in [0.2, 0.25) is 0 Å². The molecule has 0 bridgehead atoms. The van der Waals surface area contributed by atoms with Gasteiger partial charge in [0.25, 0.3) is 0 Å². The monoisotopic (exact) mass is 436 g/mol. The van der Waals surface area contributed by atoms with E-state index in [4.69, 9.17) is 0 Å². The van der Waals surface area contributed by atoms with E-state index in [-0.39, 0.29) is 29.9 Å². The third-order valence-electron chi connectivity index (χ3n) is 4.76. The Morgan fingerprint density at radius 2 is 1.83 bits per heavy atom. The molecule has 2 aliphatic rings. The van der Waals surface area contributed by atoms with E-state index in [1.54, 1.807) is 0 Å². The number of aliphatic imine (C=N–C) groups is 1. The van der Waals surface area contributed by atoms with Gasteiger partial charge in [-0.1, -0.05) is 6.92 Å². The van der Waals surface area contributed by atoms with Gasteiger partial charge in [-0.15, -0.1) is 24.0 Å². The normalized spacial score (nSPS) is 25.0. The zero-order valence-electron chi connectivity index (χ0n) is 14.6. The number of carbonyl (C=O) groups is 1. The Kier molecular flexibility index (Phi) is 9.90. The van der Waals surface area contributed by atoms with Crippen LogP contribution in [-0.4, -0.2) is 49.0 Å². The molecule has 5 nitrogen and oxygen atoms in total. The van der Waals surface area contributed by atoms with Crippen molar-refractivity contribution in [1.29, 1.82) is 0 Å². The highest BCUT2D eigenvalue weighted by Crippen LogP contribution is 2.23. The maximum atomic E-state index is 12.0. The van der Waals surface area contributed by atoms with Crippen molar-refractivity contribution in [3.05, 3.63) is 0 Å². The summed E-state index contributed by atoms with van der Waals surface area (Å²) in [7, 11) is 0. The first-order valence-electron chi connectivity index (χ1n) is 9.01. The minimum Gasteiger partial charge on any atom is -0.357 e. The summed E-state index contributed by atoms with van der Waals surface area (Å²) in [4.78, 5) is 18.6. The first kappa shape index (κ1) is 20.5. The molecule has 1 aliphatic heterocycles. The van der Waals surface area contributed by atoms with Crippen molar-refractivity contribution < 1.29 is 4.79 Å². The van der Waals surface area contributed by atoms with E-state index in [1.165, 1.54) is 25.7 Å². The standard InChI is InChI=1S/C17H32N4O.HI/c1-3-18-17(20-15-8-6-14(2)7-9-15)19-11-10-16(22)21-12-4-5-13-21;/h14-15H,3-13H2,1-2H3,(H2,18,19,20);1H. The van der Waals surface area contributed by atoms with Crippen molar-refractivity contribution in [3.63, 3.8) is 0 Å². The van der Waals surface area contributed by atoms with E-state index < -0.39 is 0 Å². The summed E-state index contributed by atoms with van der Waals surface area (Å²) in [6, 6.07) is 0.531. The molecule has 1 amide bonds. The number of hydrogen-bond donors (Lipinski definition) is 2. The van der Waals surface area contributed by atoms with Gasteiger partial charge in [0.05, 0.1) is 6.54 Å². The topological polar surface area (TPSA) is 56.7 Å². The van der Waals surface area contributed by atoms with Crippen LogP contribution in [-0.2, 0) is 4.79 Å². The molecule has 1 heterocycles. The van der Waals surface area contributed by atoms with Crippen LogP contribution in [0.1, 0.15) is 58.8 Å². The van der Waals surface area contributed by atoms with Gasteiger partial charge in [-0.3, -0.25) is 9.79 Å². The number of rotatable bonds is 5. The van der Waals surface area contributed by atoms with Gasteiger partial charge in [0.1, 0.15) is 0 Å². The van der Waals surface area contributed by atoms with Crippen molar-refractivity contribution in [2.45, 2.75) is 64.8 Å². The Bertz CT molecular complexity index is 375. The lowest BCUT2D eigenvalue weighted by molar-refractivity contribution is -0.129. The summed E-state index contributed by atoms with van der Waals surface area (Å²) in [6.45, 7) is 7.71. The third-order valence-corrected chi connectivity index (χ3v) is 4.76. The van der Waals surface area contributed by atoms with Crippen LogP contribution in [0.15, 0.2) is 4.99 Å². The number of amides is 1. The fourth-order valence-corrected chi connectivity index (χ4v) is 3.31. The average molecular weight is 436 g/mol. The minimum absolute atomic E-state index is 0. The highest BCUT2D eigenvalue weighted by atomic mass is 127. The van der Waals surface area contributed by atoms with Gasteiger partial charge in [-0.05, 0) is 51.4 Å². The Morgan fingerprint density at radius 3 is 2.43 bits per heavy atom. The van der Waals surface area contributed by atoms with Gasteiger partial charge in [0, 0.05) is 32.1 Å². The summed E-state index contributed by atoms with van der Waals surface area (Å²) < 4.78 is 0. The first-order valence-corrected chi connectivity index (χ1v) is 9.01. The molecule has 2 N–H and O–H groups in total.